The molecular formula is C27H26N4O6S. The number of urea groups is 1. The van der Waals surface area contributed by atoms with E-state index >= 15 is 0 Å². The second-order valence-electron chi connectivity index (χ2n) is 8.18. The summed E-state index contributed by atoms with van der Waals surface area (Å²) in [6, 6.07) is 16.4. The first kappa shape index (κ1) is 26.6. The minimum absolute atomic E-state index is 0.155. The normalized spacial score (nSPS) is 10.6. The van der Waals surface area contributed by atoms with Crippen molar-refractivity contribution in [1.29, 1.82) is 0 Å². The quantitative estimate of drug-likeness (QED) is 0.231. The third-order valence-corrected chi connectivity index (χ3v) is 6.05. The lowest BCUT2D eigenvalue weighted by atomic mass is 10.1. The number of carbonyl (C=O) groups is 2. The summed E-state index contributed by atoms with van der Waals surface area (Å²) in [5.74, 6) is 1.35. The number of aromatic nitrogens is 2. The predicted molar refractivity (Wildman–Crippen MR) is 146 cm³/mol. The minimum atomic E-state index is -0.655. The van der Waals surface area contributed by atoms with Crippen molar-refractivity contribution in [2.75, 3.05) is 27.4 Å². The molecule has 0 atom stereocenters. The number of ether oxygens (including phenoxy) is 3. The number of fused-ring (bicyclic) bond motifs is 1. The van der Waals surface area contributed by atoms with Crippen molar-refractivity contribution in [2.45, 2.75) is 6.92 Å². The number of H-pyrrole nitrogens is 1. The number of nitrogens with one attached hydrogen (secondary N) is 2. The van der Waals surface area contributed by atoms with Gasteiger partial charge in [-0.05, 0) is 42.8 Å². The summed E-state index contributed by atoms with van der Waals surface area (Å²) >= 11 is 4.00. The molecule has 11 heteroatoms. The molecule has 4 aromatic rings. The Bertz CT molecular complexity index is 1540. The molecule has 0 unspecified atom stereocenters. The summed E-state index contributed by atoms with van der Waals surface area (Å²) in [6.45, 7) is 2.18. The molecule has 4 rings (SSSR count). The zero-order valence-corrected chi connectivity index (χ0v) is 21.9. The van der Waals surface area contributed by atoms with Crippen LogP contribution in [0.5, 0.6) is 17.2 Å². The van der Waals surface area contributed by atoms with Gasteiger partial charge < -0.3 is 24.5 Å². The van der Waals surface area contributed by atoms with Gasteiger partial charge in [-0.3, -0.25) is 9.59 Å². The highest BCUT2D eigenvalue weighted by molar-refractivity contribution is 7.79. The molecule has 0 fully saturated rings. The lowest BCUT2D eigenvalue weighted by Crippen LogP contribution is -2.39. The number of methoxy groups -OCH3 is 2. The van der Waals surface area contributed by atoms with Gasteiger partial charge in [0.25, 0.3) is 11.5 Å². The molecule has 10 nitrogen and oxygen atoms in total. The maximum absolute atomic E-state index is 12.8. The Hall–Kier alpha value is -4.51. The fraction of sp³-hybridized carbons (Fsp3) is 0.185. The third kappa shape index (κ3) is 5.73. The Kier molecular flexibility index (Phi) is 8.17. The fourth-order valence-electron chi connectivity index (χ4n) is 3.77. The van der Waals surface area contributed by atoms with E-state index in [1.165, 1.54) is 14.2 Å². The molecule has 0 aliphatic rings. The first-order valence-corrected chi connectivity index (χ1v) is 12.0. The van der Waals surface area contributed by atoms with Gasteiger partial charge in [-0.1, -0.05) is 31.0 Å². The maximum Gasteiger partial charge on any atom is 0.334 e. The van der Waals surface area contributed by atoms with E-state index in [-0.39, 0.29) is 18.7 Å². The average Bonchev–Trinajstić information content (AvgIpc) is 2.94. The lowest BCUT2D eigenvalue weighted by Gasteiger charge is -2.15. The van der Waals surface area contributed by atoms with Crippen LogP contribution in [-0.2, 0) is 0 Å². The number of hydrogen-bond donors (Lipinski definition) is 3. The topological polar surface area (TPSA) is 123 Å². The Morgan fingerprint density at radius 1 is 1.03 bits per heavy atom. The van der Waals surface area contributed by atoms with Gasteiger partial charge >= 0.3 is 6.03 Å². The number of benzene rings is 3. The van der Waals surface area contributed by atoms with Gasteiger partial charge in [0.15, 0.2) is 0 Å². The molecule has 2 N–H and O–H groups in total. The van der Waals surface area contributed by atoms with Gasteiger partial charge in [0, 0.05) is 23.3 Å². The predicted octanol–water partition coefficient (Wildman–Crippen LogP) is 3.99. The highest BCUT2D eigenvalue weighted by Gasteiger charge is 2.19. The lowest BCUT2D eigenvalue weighted by molar-refractivity contribution is 0.0895. The highest BCUT2D eigenvalue weighted by Crippen LogP contribution is 2.30. The zero-order valence-electron chi connectivity index (χ0n) is 21.0. The van der Waals surface area contributed by atoms with E-state index in [1.54, 1.807) is 54.6 Å². The van der Waals surface area contributed by atoms with Crippen molar-refractivity contribution >= 4 is 35.7 Å². The molecule has 1 aromatic heterocycles. The van der Waals surface area contributed by atoms with Gasteiger partial charge in [-0.15, -0.1) is 0 Å². The Balaban J connectivity index is 1.40. The molecule has 196 valence electrons. The summed E-state index contributed by atoms with van der Waals surface area (Å²) in [4.78, 5) is 44.8. The molecule has 0 radical (unpaired) electrons. The van der Waals surface area contributed by atoms with Gasteiger partial charge in [-0.2, -0.15) is 0 Å². The molecular weight excluding hydrogens is 508 g/mol. The van der Waals surface area contributed by atoms with Crippen LogP contribution in [0.15, 0.2) is 65.5 Å². The van der Waals surface area contributed by atoms with Crippen LogP contribution in [0.2, 0.25) is 0 Å². The van der Waals surface area contributed by atoms with E-state index in [1.807, 2.05) is 13.0 Å². The van der Waals surface area contributed by atoms with Gasteiger partial charge in [0.2, 0.25) is 0 Å². The van der Waals surface area contributed by atoms with Crippen molar-refractivity contribution in [3.63, 3.8) is 0 Å². The molecule has 0 bridgehead atoms. The van der Waals surface area contributed by atoms with Crippen LogP contribution in [0.25, 0.3) is 22.3 Å². The third-order valence-electron chi connectivity index (χ3n) is 5.69. The van der Waals surface area contributed by atoms with Crippen LogP contribution in [0.1, 0.15) is 15.9 Å². The van der Waals surface area contributed by atoms with Crippen molar-refractivity contribution in [3.05, 3.63) is 82.1 Å². The molecule has 0 aliphatic carbocycles. The number of thiol groups is 1. The summed E-state index contributed by atoms with van der Waals surface area (Å²) in [5, 5.41) is 2.93. The molecule has 0 saturated heterocycles. The zero-order chi connectivity index (χ0) is 27.2. The van der Waals surface area contributed by atoms with Crippen molar-refractivity contribution in [1.82, 2.24) is 19.6 Å². The van der Waals surface area contributed by atoms with Crippen LogP contribution in [-0.4, -0.2) is 53.6 Å². The number of aromatic amines is 1. The molecule has 38 heavy (non-hydrogen) atoms. The van der Waals surface area contributed by atoms with Crippen LogP contribution in [0, 0.1) is 6.92 Å². The van der Waals surface area contributed by atoms with Crippen LogP contribution in [0.4, 0.5) is 4.79 Å². The van der Waals surface area contributed by atoms with Crippen LogP contribution < -0.4 is 25.1 Å². The molecule has 3 amide bonds. The fourth-order valence-corrected chi connectivity index (χ4v) is 3.96. The number of nitrogens with zero attached hydrogens (tertiary/aromatic N) is 2. The van der Waals surface area contributed by atoms with Gasteiger partial charge in [0.1, 0.15) is 35.1 Å². The van der Waals surface area contributed by atoms with Crippen molar-refractivity contribution in [3.8, 4) is 28.6 Å². The monoisotopic (exact) mass is 534 g/mol. The van der Waals surface area contributed by atoms with E-state index in [2.05, 4.69) is 28.1 Å². The maximum atomic E-state index is 12.8. The van der Waals surface area contributed by atoms with E-state index in [4.69, 9.17) is 14.2 Å². The smallest absolute Gasteiger partial charge is 0.334 e. The molecule has 0 aliphatic heterocycles. The second kappa shape index (κ2) is 11.7. The number of rotatable bonds is 8. The second-order valence-corrected chi connectivity index (χ2v) is 8.58. The van der Waals surface area contributed by atoms with Gasteiger partial charge in [0.05, 0.1) is 26.3 Å². The Labute approximate surface area is 224 Å². The summed E-state index contributed by atoms with van der Waals surface area (Å²) in [6.07, 6.45) is 0. The Morgan fingerprint density at radius 3 is 2.47 bits per heavy atom. The van der Waals surface area contributed by atoms with Gasteiger partial charge in [-0.25, -0.2) is 14.1 Å². The number of aryl methyl sites for hydroxylation is 1. The molecule has 3 aromatic carbocycles. The van der Waals surface area contributed by atoms with E-state index in [0.717, 1.165) is 9.87 Å². The average molecular weight is 535 g/mol. The molecule has 0 saturated carbocycles. The Morgan fingerprint density at radius 2 is 1.79 bits per heavy atom. The standard InChI is InChI=1S/C27H26N4O6S/c1-16-13-18(24-29-20-14-19(35-2)15-22(36-3)23(20)25(32)30-24)9-10-21(16)37-12-11-28-27(34)31(38)26(33)17-7-5-4-6-8-17/h4-10,13-15,38H,11-12H2,1-3H3,(H,28,34)(H,29,30,32). The number of amides is 3. The summed E-state index contributed by atoms with van der Waals surface area (Å²) in [5.41, 5.74) is 1.95. The summed E-state index contributed by atoms with van der Waals surface area (Å²) in [7, 11) is 3.01. The molecule has 1 heterocycles. The van der Waals surface area contributed by atoms with Crippen molar-refractivity contribution < 1.29 is 23.8 Å². The van der Waals surface area contributed by atoms with E-state index in [0.29, 0.717) is 45.1 Å². The number of carbonyl (C=O) groups excluding carboxylic acids is 2. The number of imide groups is 1. The molecule has 0 spiro atoms. The summed E-state index contributed by atoms with van der Waals surface area (Å²) < 4.78 is 17.1. The highest BCUT2D eigenvalue weighted by atomic mass is 32.1. The van der Waals surface area contributed by atoms with E-state index < -0.39 is 11.9 Å². The van der Waals surface area contributed by atoms with Crippen LogP contribution >= 0.6 is 12.8 Å². The SMILES string of the molecule is COc1cc(OC)c2c(=O)[nH]c(-c3ccc(OCCNC(=O)N(S)C(=O)c4ccccc4)c(C)c3)nc2c1. The first-order chi connectivity index (χ1) is 18.3. The van der Waals surface area contributed by atoms with Crippen molar-refractivity contribution in [2.24, 2.45) is 0 Å². The number of hydrogen-bond acceptors (Lipinski definition) is 8. The minimum Gasteiger partial charge on any atom is -0.497 e. The van der Waals surface area contributed by atoms with E-state index in [9.17, 15) is 14.4 Å². The van der Waals surface area contributed by atoms with Crippen LogP contribution in [0.3, 0.4) is 0 Å². The largest absolute Gasteiger partial charge is 0.497 e. The first-order valence-electron chi connectivity index (χ1n) is 11.6.